The lowest BCUT2D eigenvalue weighted by atomic mass is 10.4. The maximum Gasteiger partial charge on any atom is 0.320 e. The highest BCUT2D eigenvalue weighted by atomic mass is 35.5. The van der Waals surface area contributed by atoms with Gasteiger partial charge in [-0.25, -0.2) is 4.79 Å². The van der Waals surface area contributed by atoms with Gasteiger partial charge in [0.05, 0.1) is 10.9 Å². The van der Waals surface area contributed by atoms with Gasteiger partial charge < -0.3 is 9.84 Å². The van der Waals surface area contributed by atoms with E-state index in [9.17, 15) is 4.79 Å². The maximum absolute atomic E-state index is 11.5. The highest BCUT2D eigenvalue weighted by molar-refractivity contribution is 7.16. The number of amides is 2. The fourth-order valence-corrected chi connectivity index (χ4v) is 2.23. The van der Waals surface area contributed by atoms with Gasteiger partial charge in [-0.15, -0.1) is 11.3 Å². The van der Waals surface area contributed by atoms with Crippen LogP contribution in [0.25, 0.3) is 0 Å². The Bertz CT molecular complexity index is 523. The number of halogens is 1. The van der Waals surface area contributed by atoms with Gasteiger partial charge in [0.15, 0.2) is 5.82 Å². The summed E-state index contributed by atoms with van der Waals surface area (Å²) < 4.78 is 5.53. The Labute approximate surface area is 107 Å². The fraction of sp³-hybridized carbons (Fsp3) is 0.200. The lowest BCUT2D eigenvalue weighted by Crippen LogP contribution is -2.27. The predicted molar refractivity (Wildman–Crippen MR) is 66.4 cm³/mol. The number of aromatic nitrogens is 1. The van der Waals surface area contributed by atoms with Crippen LogP contribution in [0.2, 0.25) is 4.34 Å². The van der Waals surface area contributed by atoms with Crippen molar-refractivity contribution in [1.29, 1.82) is 0 Å². The molecule has 0 unspecified atom stereocenters. The van der Waals surface area contributed by atoms with Crippen LogP contribution >= 0.6 is 22.9 Å². The van der Waals surface area contributed by atoms with E-state index in [-0.39, 0.29) is 6.03 Å². The number of hydrogen-bond acceptors (Lipinski definition) is 4. The fourth-order valence-electron chi connectivity index (χ4n) is 1.20. The van der Waals surface area contributed by atoms with Gasteiger partial charge in [0.1, 0.15) is 5.76 Å². The molecule has 2 aromatic heterocycles. The summed E-state index contributed by atoms with van der Waals surface area (Å²) in [6.07, 6.45) is 0. The maximum atomic E-state index is 11.5. The zero-order valence-electron chi connectivity index (χ0n) is 8.99. The zero-order chi connectivity index (χ0) is 12.3. The van der Waals surface area contributed by atoms with Gasteiger partial charge >= 0.3 is 6.03 Å². The first-order valence-corrected chi connectivity index (χ1v) is 6.05. The third-order valence-electron chi connectivity index (χ3n) is 1.92. The van der Waals surface area contributed by atoms with Crippen LogP contribution in [0.4, 0.5) is 10.6 Å². The minimum atomic E-state index is -0.331. The van der Waals surface area contributed by atoms with Gasteiger partial charge in [0.25, 0.3) is 0 Å². The van der Waals surface area contributed by atoms with E-state index in [0.717, 1.165) is 4.88 Å². The number of aryl methyl sites for hydroxylation is 1. The minimum Gasteiger partial charge on any atom is -0.360 e. The van der Waals surface area contributed by atoms with Gasteiger partial charge in [-0.2, -0.15) is 0 Å². The topological polar surface area (TPSA) is 67.2 Å². The monoisotopic (exact) mass is 271 g/mol. The van der Waals surface area contributed by atoms with Crippen LogP contribution in [0.15, 0.2) is 22.7 Å². The molecule has 90 valence electrons. The molecule has 2 rings (SSSR count). The lowest BCUT2D eigenvalue weighted by Gasteiger charge is -2.02. The van der Waals surface area contributed by atoms with E-state index in [1.165, 1.54) is 11.3 Å². The molecular weight excluding hydrogens is 262 g/mol. The van der Waals surface area contributed by atoms with Crippen molar-refractivity contribution in [1.82, 2.24) is 10.5 Å². The van der Waals surface area contributed by atoms with E-state index >= 15 is 0 Å². The van der Waals surface area contributed by atoms with Crippen LogP contribution in [0.3, 0.4) is 0 Å². The second kappa shape index (κ2) is 5.20. The summed E-state index contributed by atoms with van der Waals surface area (Å²) in [5, 5.41) is 8.90. The van der Waals surface area contributed by atoms with E-state index in [1.807, 2.05) is 6.07 Å². The molecule has 0 saturated heterocycles. The van der Waals surface area contributed by atoms with Gasteiger partial charge in [-0.3, -0.25) is 5.32 Å². The Morgan fingerprint density at radius 3 is 3.00 bits per heavy atom. The number of carbonyl (C=O) groups excluding carboxylic acids is 1. The van der Waals surface area contributed by atoms with Gasteiger partial charge in [-0.1, -0.05) is 16.8 Å². The van der Waals surface area contributed by atoms with Crippen molar-refractivity contribution in [2.45, 2.75) is 13.5 Å². The van der Waals surface area contributed by atoms with E-state index in [2.05, 4.69) is 15.8 Å². The Kier molecular flexibility index (Phi) is 3.65. The van der Waals surface area contributed by atoms with Crippen LogP contribution in [-0.4, -0.2) is 11.2 Å². The van der Waals surface area contributed by atoms with Crippen molar-refractivity contribution < 1.29 is 9.32 Å². The summed E-state index contributed by atoms with van der Waals surface area (Å²) in [5.41, 5.74) is 0. The molecule has 0 aliphatic heterocycles. The first-order chi connectivity index (χ1) is 8.13. The molecule has 0 fully saturated rings. The summed E-state index contributed by atoms with van der Waals surface area (Å²) in [6.45, 7) is 2.18. The number of nitrogens with zero attached hydrogens (tertiary/aromatic N) is 1. The number of hydrogen-bond donors (Lipinski definition) is 2. The average Bonchev–Trinajstić information content (AvgIpc) is 2.85. The number of carbonyl (C=O) groups is 1. The first kappa shape index (κ1) is 11.9. The van der Waals surface area contributed by atoms with Gasteiger partial charge in [-0.05, 0) is 19.1 Å². The molecule has 2 aromatic rings. The second-order valence-electron chi connectivity index (χ2n) is 3.34. The third kappa shape index (κ3) is 3.47. The van der Waals surface area contributed by atoms with Crippen LogP contribution < -0.4 is 10.6 Å². The molecule has 0 atom stereocenters. The van der Waals surface area contributed by atoms with Crippen molar-refractivity contribution in [3.63, 3.8) is 0 Å². The van der Waals surface area contributed by atoms with Crippen LogP contribution in [0, 0.1) is 6.92 Å². The molecule has 17 heavy (non-hydrogen) atoms. The number of thiophene rings is 1. The standard InChI is InChI=1S/C10H10ClN3O2S/c1-6-4-9(14-16-6)13-10(15)12-5-7-2-3-8(11)17-7/h2-4H,5H2,1H3,(H2,12,13,14,15). The number of rotatable bonds is 3. The largest absolute Gasteiger partial charge is 0.360 e. The Morgan fingerprint density at radius 2 is 2.41 bits per heavy atom. The number of urea groups is 1. The molecule has 0 saturated carbocycles. The summed E-state index contributed by atoms with van der Waals surface area (Å²) in [5.74, 6) is 1.04. The third-order valence-corrected chi connectivity index (χ3v) is 3.15. The van der Waals surface area contributed by atoms with Crippen molar-refractivity contribution in [3.05, 3.63) is 33.2 Å². The van der Waals surface area contributed by atoms with E-state index in [0.29, 0.717) is 22.5 Å². The average molecular weight is 272 g/mol. The summed E-state index contributed by atoms with van der Waals surface area (Å²) in [4.78, 5) is 12.5. The molecule has 2 N–H and O–H groups in total. The lowest BCUT2D eigenvalue weighted by molar-refractivity contribution is 0.251. The van der Waals surface area contributed by atoms with E-state index in [4.69, 9.17) is 16.1 Å². The van der Waals surface area contributed by atoms with Crippen LogP contribution in [0.5, 0.6) is 0 Å². The molecule has 2 heterocycles. The molecule has 0 spiro atoms. The number of nitrogens with one attached hydrogen (secondary N) is 2. The second-order valence-corrected chi connectivity index (χ2v) is 5.14. The van der Waals surface area contributed by atoms with E-state index < -0.39 is 0 Å². The van der Waals surface area contributed by atoms with Crippen molar-refractivity contribution in [2.75, 3.05) is 5.32 Å². The molecule has 0 aliphatic carbocycles. The van der Waals surface area contributed by atoms with Gasteiger partial charge in [0.2, 0.25) is 0 Å². The molecule has 0 bridgehead atoms. The quantitative estimate of drug-likeness (QED) is 0.902. The molecule has 0 aliphatic rings. The zero-order valence-corrected chi connectivity index (χ0v) is 10.6. The molecule has 5 nitrogen and oxygen atoms in total. The summed E-state index contributed by atoms with van der Waals surface area (Å²) >= 11 is 7.20. The van der Waals surface area contributed by atoms with Crippen molar-refractivity contribution in [3.8, 4) is 0 Å². The molecular formula is C10H10ClN3O2S. The molecule has 7 heteroatoms. The molecule has 0 aromatic carbocycles. The van der Waals surface area contributed by atoms with Gasteiger partial charge in [0, 0.05) is 10.9 Å². The molecule has 2 amide bonds. The highest BCUT2D eigenvalue weighted by Crippen LogP contribution is 2.20. The molecule has 0 radical (unpaired) electrons. The Morgan fingerprint density at radius 1 is 1.59 bits per heavy atom. The summed E-state index contributed by atoms with van der Waals surface area (Å²) in [6, 6.07) is 4.97. The van der Waals surface area contributed by atoms with Crippen molar-refractivity contribution in [2.24, 2.45) is 0 Å². The minimum absolute atomic E-state index is 0.331. The Balaban J connectivity index is 1.82. The Hall–Kier alpha value is -1.53. The van der Waals surface area contributed by atoms with Crippen LogP contribution in [-0.2, 0) is 6.54 Å². The van der Waals surface area contributed by atoms with Crippen LogP contribution in [0.1, 0.15) is 10.6 Å². The van der Waals surface area contributed by atoms with Crippen molar-refractivity contribution >= 4 is 34.8 Å². The number of anilines is 1. The SMILES string of the molecule is Cc1cc(NC(=O)NCc2ccc(Cl)s2)no1. The summed E-state index contributed by atoms with van der Waals surface area (Å²) in [7, 11) is 0. The van der Waals surface area contributed by atoms with E-state index in [1.54, 1.807) is 19.1 Å². The smallest absolute Gasteiger partial charge is 0.320 e. The highest BCUT2D eigenvalue weighted by Gasteiger charge is 2.06. The predicted octanol–water partition coefficient (Wildman–Crippen LogP) is 3.02. The first-order valence-electron chi connectivity index (χ1n) is 4.86. The normalized spacial score (nSPS) is 10.2.